The molecule has 0 aromatic heterocycles. The van der Waals surface area contributed by atoms with Crippen LogP contribution in [0.5, 0.6) is 0 Å². The summed E-state index contributed by atoms with van der Waals surface area (Å²) in [6.45, 7) is 4.12. The molecule has 182 valence electrons. The van der Waals surface area contributed by atoms with Gasteiger partial charge in [-0.3, -0.25) is 9.59 Å². The van der Waals surface area contributed by atoms with Gasteiger partial charge in [-0.15, -0.1) is 0 Å². The fourth-order valence-electron chi connectivity index (χ4n) is 1.87. The summed E-state index contributed by atoms with van der Waals surface area (Å²) in [5.74, 6) is 0. The Hall–Kier alpha value is -1.31. The minimum Gasteiger partial charge on any atom is -0.377 e. The summed E-state index contributed by atoms with van der Waals surface area (Å²) in [7, 11) is 9.08. The average molecular weight is 443 g/mol. The fourth-order valence-corrected chi connectivity index (χ4v) is 1.87. The van der Waals surface area contributed by atoms with E-state index in [1.165, 1.54) is 28.4 Å². The molecule has 0 aromatic rings. The van der Waals surface area contributed by atoms with Crippen LogP contribution in [0.2, 0.25) is 0 Å². The Morgan fingerprint density at radius 3 is 1.47 bits per heavy atom. The molecule has 0 aromatic carbocycles. The van der Waals surface area contributed by atoms with Gasteiger partial charge in [0, 0.05) is 35.0 Å². The number of carbonyl (C=O) groups excluding carboxylic acids is 3. The van der Waals surface area contributed by atoms with Crippen molar-refractivity contribution in [1.82, 2.24) is 5.32 Å². The fraction of sp³-hybridized carbons (Fsp3) is 0.842. The first kappa shape index (κ1) is 36.1. The molecular formula is C19H42N2O9. The van der Waals surface area contributed by atoms with Crippen LogP contribution in [0.15, 0.2) is 0 Å². The maximum absolute atomic E-state index is 10.4. The highest BCUT2D eigenvalue weighted by atomic mass is 16.7. The number of hydrogen-bond acceptors (Lipinski definition) is 11. The van der Waals surface area contributed by atoms with Gasteiger partial charge < -0.3 is 44.3 Å². The lowest BCUT2D eigenvalue weighted by Crippen LogP contribution is -2.39. The first-order chi connectivity index (χ1) is 13.9. The van der Waals surface area contributed by atoms with Crippen molar-refractivity contribution in [2.45, 2.75) is 58.3 Å². The first-order valence-corrected chi connectivity index (χ1v) is 8.89. The standard InChI is InChI=1S/C9H19NO4.C8H14O5.CH5N.CH4/c1-7(8(12-3)5-10-2)14-9(6-11)13-4;1-6(7(4-9)11-2)13-8(5-10)12-3;1-2;/h6-10H,5H2,1-4H3;4-8H,1-3H3;2H2,1H3;1H4/t7?,8-,9+;6?,7-,8+;;/m11../s1. The Bertz CT molecular complexity index is 389. The molecule has 0 saturated carbocycles. The lowest BCUT2D eigenvalue weighted by molar-refractivity contribution is -0.177. The van der Waals surface area contributed by atoms with Crippen molar-refractivity contribution < 1.29 is 42.8 Å². The molecule has 3 N–H and O–H groups in total. The van der Waals surface area contributed by atoms with Crippen LogP contribution >= 0.6 is 0 Å². The molecule has 2 unspecified atom stereocenters. The van der Waals surface area contributed by atoms with E-state index in [4.69, 9.17) is 23.7 Å². The number of methoxy groups -OCH3 is 4. The highest BCUT2D eigenvalue weighted by molar-refractivity contribution is 5.57. The number of aldehydes is 3. The van der Waals surface area contributed by atoms with Gasteiger partial charge in [-0.25, -0.2) is 0 Å². The average Bonchev–Trinajstić information content (AvgIpc) is 2.76. The minimum atomic E-state index is -0.951. The van der Waals surface area contributed by atoms with Crippen molar-refractivity contribution >= 4 is 18.9 Å². The predicted molar refractivity (Wildman–Crippen MR) is 113 cm³/mol. The van der Waals surface area contributed by atoms with Crippen LogP contribution in [0.4, 0.5) is 0 Å². The summed E-state index contributed by atoms with van der Waals surface area (Å²) >= 11 is 0. The molecule has 0 aliphatic rings. The summed E-state index contributed by atoms with van der Waals surface area (Å²) < 4.78 is 29.7. The van der Waals surface area contributed by atoms with E-state index in [2.05, 4.69) is 15.8 Å². The van der Waals surface area contributed by atoms with Crippen LogP contribution in [0.1, 0.15) is 21.3 Å². The molecule has 0 heterocycles. The van der Waals surface area contributed by atoms with E-state index in [0.29, 0.717) is 25.4 Å². The quantitative estimate of drug-likeness (QED) is 0.256. The van der Waals surface area contributed by atoms with E-state index in [1.54, 1.807) is 14.0 Å². The van der Waals surface area contributed by atoms with E-state index in [0.717, 1.165) is 0 Å². The Labute approximate surface area is 180 Å². The zero-order valence-corrected chi connectivity index (χ0v) is 18.7. The van der Waals surface area contributed by atoms with Gasteiger partial charge in [0.1, 0.15) is 6.10 Å². The molecule has 0 bridgehead atoms. The second kappa shape index (κ2) is 25.7. The minimum absolute atomic E-state index is 0. The molecular weight excluding hydrogens is 400 g/mol. The number of likely N-dealkylation sites (N-methyl/N-ethyl adjacent to an activating group) is 1. The molecule has 30 heavy (non-hydrogen) atoms. The number of nitrogens with one attached hydrogen (secondary N) is 1. The normalized spacial score (nSPS) is 15.9. The molecule has 0 saturated heterocycles. The van der Waals surface area contributed by atoms with E-state index >= 15 is 0 Å². The molecule has 0 aliphatic heterocycles. The zero-order valence-electron chi connectivity index (χ0n) is 18.7. The van der Waals surface area contributed by atoms with Crippen molar-refractivity contribution in [2.24, 2.45) is 5.73 Å². The summed E-state index contributed by atoms with van der Waals surface area (Å²) in [4.78, 5) is 31.1. The smallest absolute Gasteiger partial charge is 0.214 e. The SMILES string of the molecule is C.CN.CNC[C@@H](OC)C(C)O[C@@H](C=O)OC.CO[C@H](C=O)OC(C)[C@@H](C=O)OC. The summed E-state index contributed by atoms with van der Waals surface area (Å²) in [5, 5.41) is 2.97. The van der Waals surface area contributed by atoms with Gasteiger partial charge in [-0.2, -0.15) is 0 Å². The van der Waals surface area contributed by atoms with Gasteiger partial charge in [-0.1, -0.05) is 7.43 Å². The highest BCUT2D eigenvalue weighted by Gasteiger charge is 2.21. The van der Waals surface area contributed by atoms with E-state index in [9.17, 15) is 14.4 Å². The Morgan fingerprint density at radius 2 is 1.20 bits per heavy atom. The van der Waals surface area contributed by atoms with Crippen molar-refractivity contribution in [3.05, 3.63) is 0 Å². The van der Waals surface area contributed by atoms with Gasteiger partial charge in [0.2, 0.25) is 12.6 Å². The molecule has 0 amide bonds. The zero-order chi connectivity index (χ0) is 23.2. The van der Waals surface area contributed by atoms with Gasteiger partial charge >= 0.3 is 0 Å². The molecule has 0 radical (unpaired) electrons. The number of hydrogen-bond donors (Lipinski definition) is 2. The van der Waals surface area contributed by atoms with Gasteiger partial charge in [0.05, 0.1) is 18.3 Å². The van der Waals surface area contributed by atoms with Crippen molar-refractivity contribution in [3.8, 4) is 0 Å². The van der Waals surface area contributed by atoms with Crippen molar-refractivity contribution in [3.63, 3.8) is 0 Å². The second-order valence-electron chi connectivity index (χ2n) is 5.33. The molecule has 0 aliphatic carbocycles. The maximum Gasteiger partial charge on any atom is 0.214 e. The summed E-state index contributed by atoms with van der Waals surface area (Å²) in [6, 6.07) is 0. The Morgan fingerprint density at radius 1 is 0.767 bits per heavy atom. The van der Waals surface area contributed by atoms with Crippen LogP contribution in [0, 0.1) is 0 Å². The van der Waals surface area contributed by atoms with Gasteiger partial charge in [0.25, 0.3) is 0 Å². The van der Waals surface area contributed by atoms with Crippen LogP contribution in [0.25, 0.3) is 0 Å². The van der Waals surface area contributed by atoms with E-state index < -0.39 is 24.8 Å². The third kappa shape index (κ3) is 17.5. The lowest BCUT2D eigenvalue weighted by atomic mass is 10.2. The Balaban J connectivity index is -0.000000202. The maximum atomic E-state index is 10.4. The Kier molecular flexibility index (Phi) is 30.9. The number of carbonyl (C=O) groups is 3. The van der Waals surface area contributed by atoms with E-state index in [1.807, 2.05) is 14.0 Å². The summed E-state index contributed by atoms with van der Waals surface area (Å²) in [6.07, 6.45) is -1.54. The monoisotopic (exact) mass is 442 g/mol. The molecule has 11 nitrogen and oxygen atoms in total. The van der Waals surface area contributed by atoms with Gasteiger partial charge in [-0.05, 0) is 27.9 Å². The first-order valence-electron chi connectivity index (χ1n) is 8.89. The number of nitrogens with two attached hydrogens (primary N) is 1. The summed E-state index contributed by atoms with van der Waals surface area (Å²) in [5.41, 5.74) is 4.50. The van der Waals surface area contributed by atoms with Gasteiger partial charge in [0.15, 0.2) is 18.9 Å². The third-order valence-electron chi connectivity index (χ3n) is 3.48. The molecule has 6 atom stereocenters. The van der Waals surface area contributed by atoms with Crippen LogP contribution in [-0.2, 0) is 42.8 Å². The largest absolute Gasteiger partial charge is 0.377 e. The molecule has 0 fully saturated rings. The third-order valence-corrected chi connectivity index (χ3v) is 3.48. The molecule has 11 heteroatoms. The van der Waals surface area contributed by atoms with Crippen molar-refractivity contribution in [2.75, 3.05) is 49.1 Å². The van der Waals surface area contributed by atoms with Crippen molar-refractivity contribution in [1.29, 1.82) is 0 Å². The molecule has 0 spiro atoms. The highest BCUT2D eigenvalue weighted by Crippen LogP contribution is 2.05. The van der Waals surface area contributed by atoms with Crippen LogP contribution in [0.3, 0.4) is 0 Å². The van der Waals surface area contributed by atoms with E-state index in [-0.39, 0.29) is 19.6 Å². The second-order valence-corrected chi connectivity index (χ2v) is 5.33. The molecule has 0 rings (SSSR count). The van der Waals surface area contributed by atoms with Crippen LogP contribution < -0.4 is 11.1 Å². The number of ether oxygens (including phenoxy) is 6. The topological polar surface area (TPSA) is 145 Å². The lowest BCUT2D eigenvalue weighted by Gasteiger charge is -2.24. The number of rotatable bonds is 15. The predicted octanol–water partition coefficient (Wildman–Crippen LogP) is -0.215. The van der Waals surface area contributed by atoms with Crippen LogP contribution in [-0.4, -0.2) is 105 Å².